The maximum atomic E-state index is 13.3. The zero-order valence-electron chi connectivity index (χ0n) is 20.4. The van der Waals surface area contributed by atoms with Crippen molar-refractivity contribution in [1.29, 1.82) is 0 Å². The van der Waals surface area contributed by atoms with E-state index in [-0.39, 0.29) is 29.5 Å². The van der Waals surface area contributed by atoms with E-state index in [1.165, 1.54) is 17.0 Å². The molecule has 0 saturated heterocycles. The highest BCUT2D eigenvalue weighted by Gasteiger charge is 2.21. The first kappa shape index (κ1) is 26.7. The molecule has 0 N–H and O–H groups in total. The van der Waals surface area contributed by atoms with Crippen molar-refractivity contribution in [2.75, 3.05) is 0 Å². The molecule has 10 heteroatoms. The minimum Gasteiger partial charge on any atom is -0.481 e. The average Bonchev–Trinajstić information content (AvgIpc) is 2.87. The van der Waals surface area contributed by atoms with Crippen LogP contribution in [0.2, 0.25) is 0 Å². The largest absolute Gasteiger partial charge is 0.481 e. The summed E-state index contributed by atoms with van der Waals surface area (Å²) in [5.41, 5.74) is 2.50. The first-order valence-corrected chi connectivity index (χ1v) is 13.2. The molecular weight excluding hydrogens is 604 g/mol. The standard InChI is InChI=1S/C27H24Br2N4O4/c1-4-17(3)26-31-23-10-9-20(28)13-21(23)27(34)32(26)30-14-19-11-22(29)25(24(12-19)33(35)36)37-15-18-7-5-16(2)6-8-18/h5-14,17H,4,15H2,1-3H3/t17-/m0/s1. The van der Waals surface area contributed by atoms with Crippen molar-refractivity contribution in [2.45, 2.75) is 39.7 Å². The van der Waals surface area contributed by atoms with Crippen molar-refractivity contribution in [3.63, 3.8) is 0 Å². The molecule has 1 aromatic heterocycles. The second-order valence-corrected chi connectivity index (χ2v) is 10.5. The van der Waals surface area contributed by atoms with Gasteiger partial charge in [0.1, 0.15) is 12.4 Å². The van der Waals surface area contributed by atoms with Gasteiger partial charge in [0.2, 0.25) is 5.75 Å². The zero-order valence-corrected chi connectivity index (χ0v) is 23.6. The number of hydrogen-bond donors (Lipinski definition) is 0. The number of ether oxygens (including phenoxy) is 1. The number of rotatable bonds is 8. The molecule has 37 heavy (non-hydrogen) atoms. The number of nitro groups is 1. The third kappa shape index (κ3) is 5.97. The van der Waals surface area contributed by atoms with Crippen LogP contribution in [0.1, 0.15) is 48.7 Å². The Morgan fingerprint density at radius 2 is 1.89 bits per heavy atom. The lowest BCUT2D eigenvalue weighted by atomic mass is 10.1. The lowest BCUT2D eigenvalue weighted by Crippen LogP contribution is -2.23. The van der Waals surface area contributed by atoms with Crippen molar-refractivity contribution in [1.82, 2.24) is 9.66 Å². The highest BCUT2D eigenvalue weighted by Crippen LogP contribution is 2.36. The van der Waals surface area contributed by atoms with Crippen LogP contribution in [0, 0.1) is 17.0 Å². The zero-order chi connectivity index (χ0) is 26.7. The van der Waals surface area contributed by atoms with Crippen LogP contribution in [0.15, 0.2) is 73.4 Å². The van der Waals surface area contributed by atoms with Crippen molar-refractivity contribution >= 4 is 54.7 Å². The van der Waals surface area contributed by atoms with Crippen LogP contribution in [-0.2, 0) is 6.61 Å². The number of aryl methyl sites for hydroxylation is 1. The van der Waals surface area contributed by atoms with Crippen LogP contribution < -0.4 is 10.3 Å². The van der Waals surface area contributed by atoms with Crippen LogP contribution >= 0.6 is 31.9 Å². The predicted octanol–water partition coefficient (Wildman–Crippen LogP) is 7.11. The van der Waals surface area contributed by atoms with Gasteiger partial charge in [-0.3, -0.25) is 14.9 Å². The summed E-state index contributed by atoms with van der Waals surface area (Å²) < 4.78 is 8.25. The third-order valence-electron chi connectivity index (χ3n) is 5.96. The summed E-state index contributed by atoms with van der Waals surface area (Å²) in [6.07, 6.45) is 2.17. The Bertz CT molecular complexity index is 1570. The van der Waals surface area contributed by atoms with Crippen LogP contribution in [0.4, 0.5) is 5.69 Å². The van der Waals surface area contributed by atoms with E-state index in [2.05, 4.69) is 41.9 Å². The van der Waals surface area contributed by atoms with Gasteiger partial charge in [0.25, 0.3) is 5.56 Å². The fourth-order valence-electron chi connectivity index (χ4n) is 3.70. The number of fused-ring (bicyclic) bond motifs is 1. The fraction of sp³-hybridized carbons (Fsp3) is 0.222. The molecule has 8 nitrogen and oxygen atoms in total. The maximum Gasteiger partial charge on any atom is 0.312 e. The van der Waals surface area contributed by atoms with Gasteiger partial charge in [0, 0.05) is 22.0 Å². The van der Waals surface area contributed by atoms with E-state index in [4.69, 9.17) is 4.74 Å². The average molecular weight is 628 g/mol. The monoisotopic (exact) mass is 626 g/mol. The van der Waals surface area contributed by atoms with E-state index in [1.807, 2.05) is 51.1 Å². The molecule has 0 aliphatic heterocycles. The van der Waals surface area contributed by atoms with E-state index in [0.29, 0.717) is 26.8 Å². The van der Waals surface area contributed by atoms with Crippen molar-refractivity contribution in [2.24, 2.45) is 5.10 Å². The maximum absolute atomic E-state index is 13.3. The van der Waals surface area contributed by atoms with E-state index in [9.17, 15) is 14.9 Å². The molecule has 0 spiro atoms. The molecule has 4 rings (SSSR count). The van der Waals surface area contributed by atoms with Gasteiger partial charge in [-0.25, -0.2) is 4.98 Å². The summed E-state index contributed by atoms with van der Waals surface area (Å²) in [5.74, 6) is 0.610. The minimum absolute atomic E-state index is 0.0310. The van der Waals surface area contributed by atoms with Gasteiger partial charge < -0.3 is 4.74 Å². The fourth-order valence-corrected chi connectivity index (χ4v) is 4.64. The topological polar surface area (TPSA) is 99.6 Å². The van der Waals surface area contributed by atoms with Gasteiger partial charge in [-0.1, -0.05) is 59.6 Å². The SMILES string of the molecule is CC[C@H](C)c1nc2ccc(Br)cc2c(=O)n1N=Cc1cc(Br)c(OCc2ccc(C)cc2)c([N+](=O)[O-])c1. The normalized spacial score (nSPS) is 12.2. The smallest absolute Gasteiger partial charge is 0.312 e. The molecule has 0 bridgehead atoms. The van der Waals surface area contributed by atoms with E-state index in [0.717, 1.165) is 22.0 Å². The Morgan fingerprint density at radius 3 is 2.57 bits per heavy atom. The summed E-state index contributed by atoms with van der Waals surface area (Å²) >= 11 is 6.80. The highest BCUT2D eigenvalue weighted by molar-refractivity contribution is 9.10. The molecule has 0 aliphatic carbocycles. The molecule has 1 atom stereocenters. The van der Waals surface area contributed by atoms with Gasteiger partial charge in [-0.15, -0.1) is 0 Å². The van der Waals surface area contributed by atoms with E-state index < -0.39 is 4.92 Å². The van der Waals surface area contributed by atoms with Gasteiger partial charge >= 0.3 is 5.69 Å². The Hall–Kier alpha value is -3.37. The number of nitro benzene ring substituents is 1. The summed E-state index contributed by atoms with van der Waals surface area (Å²) in [4.78, 5) is 29.4. The summed E-state index contributed by atoms with van der Waals surface area (Å²) in [6, 6.07) is 16.1. The van der Waals surface area contributed by atoms with Crippen molar-refractivity contribution in [3.8, 4) is 5.75 Å². The number of hydrogen-bond acceptors (Lipinski definition) is 6. The Kier molecular flexibility index (Phi) is 8.19. The number of benzene rings is 3. The number of aromatic nitrogens is 2. The lowest BCUT2D eigenvalue weighted by molar-refractivity contribution is -0.386. The van der Waals surface area contributed by atoms with Crippen molar-refractivity contribution < 1.29 is 9.66 Å². The Morgan fingerprint density at radius 1 is 1.16 bits per heavy atom. The van der Waals surface area contributed by atoms with Gasteiger partial charge in [-0.2, -0.15) is 9.78 Å². The molecule has 0 aliphatic rings. The molecule has 0 fully saturated rings. The third-order valence-corrected chi connectivity index (χ3v) is 7.04. The molecule has 190 valence electrons. The van der Waals surface area contributed by atoms with E-state index in [1.54, 1.807) is 18.2 Å². The molecule has 0 radical (unpaired) electrons. The molecule has 4 aromatic rings. The van der Waals surface area contributed by atoms with E-state index >= 15 is 0 Å². The van der Waals surface area contributed by atoms with Crippen LogP contribution in [0.25, 0.3) is 10.9 Å². The molecular formula is C27H24Br2N4O4. The second kappa shape index (κ2) is 11.4. The summed E-state index contributed by atoms with van der Waals surface area (Å²) in [6.45, 7) is 6.14. The van der Waals surface area contributed by atoms with Crippen molar-refractivity contribution in [3.05, 3.63) is 107 Å². The molecule has 3 aromatic carbocycles. The van der Waals surface area contributed by atoms with Crippen LogP contribution in [-0.4, -0.2) is 20.8 Å². The lowest BCUT2D eigenvalue weighted by Gasteiger charge is -2.14. The molecule has 1 heterocycles. The summed E-state index contributed by atoms with van der Waals surface area (Å²) in [7, 11) is 0. The number of nitrogens with zero attached hydrogens (tertiary/aromatic N) is 4. The Labute approximate surface area is 230 Å². The molecule has 0 saturated carbocycles. The van der Waals surface area contributed by atoms with Crippen LogP contribution in [0.5, 0.6) is 5.75 Å². The Balaban J connectivity index is 1.73. The highest BCUT2D eigenvalue weighted by atomic mass is 79.9. The van der Waals surface area contributed by atoms with Gasteiger partial charge in [-0.05, 0) is 59.1 Å². The first-order valence-electron chi connectivity index (χ1n) is 11.6. The van der Waals surface area contributed by atoms with Gasteiger partial charge in [0.05, 0.1) is 26.5 Å². The minimum atomic E-state index is -0.502. The first-order chi connectivity index (χ1) is 17.7. The molecule has 0 amide bonds. The predicted molar refractivity (Wildman–Crippen MR) is 152 cm³/mol. The quantitative estimate of drug-likeness (QED) is 0.118. The summed E-state index contributed by atoms with van der Waals surface area (Å²) in [5, 5.41) is 16.7. The number of halogens is 2. The van der Waals surface area contributed by atoms with Crippen LogP contribution in [0.3, 0.4) is 0 Å². The molecule has 0 unspecified atom stereocenters. The second-order valence-electron chi connectivity index (χ2n) is 8.68. The van der Waals surface area contributed by atoms with Gasteiger partial charge in [0.15, 0.2) is 0 Å².